The van der Waals surface area contributed by atoms with Crippen molar-refractivity contribution in [3.63, 3.8) is 0 Å². The number of methoxy groups -OCH3 is 1. The van der Waals surface area contributed by atoms with Crippen molar-refractivity contribution in [1.82, 2.24) is 15.3 Å². The van der Waals surface area contributed by atoms with Crippen molar-refractivity contribution in [2.45, 2.75) is 25.0 Å². The SMILES string of the molecule is COC1CNC(c2nc3cc4c(cc3[nH]2)OCCCO4)C1. The first kappa shape index (κ1) is 12.9. The van der Waals surface area contributed by atoms with Gasteiger partial charge in [0.1, 0.15) is 5.82 Å². The van der Waals surface area contributed by atoms with Crippen LogP contribution in [0.25, 0.3) is 11.0 Å². The van der Waals surface area contributed by atoms with Gasteiger partial charge in [0.15, 0.2) is 11.5 Å². The Morgan fingerprint density at radius 3 is 2.81 bits per heavy atom. The van der Waals surface area contributed by atoms with Crippen LogP contribution in [0.4, 0.5) is 0 Å². The Morgan fingerprint density at radius 2 is 2.05 bits per heavy atom. The van der Waals surface area contributed by atoms with E-state index in [4.69, 9.17) is 19.2 Å². The molecular weight excluding hydrogens is 270 g/mol. The normalized spacial score (nSPS) is 25.2. The van der Waals surface area contributed by atoms with Crippen molar-refractivity contribution in [2.75, 3.05) is 26.9 Å². The minimum Gasteiger partial charge on any atom is -0.489 e. The molecule has 112 valence electrons. The van der Waals surface area contributed by atoms with Gasteiger partial charge in [-0.15, -0.1) is 0 Å². The lowest BCUT2D eigenvalue weighted by Crippen LogP contribution is -2.16. The fraction of sp³-hybridized carbons (Fsp3) is 0.533. The third-order valence-electron chi connectivity index (χ3n) is 4.12. The van der Waals surface area contributed by atoms with E-state index >= 15 is 0 Å². The number of ether oxygens (including phenoxy) is 3. The maximum Gasteiger partial charge on any atom is 0.163 e. The van der Waals surface area contributed by atoms with E-state index in [1.54, 1.807) is 7.11 Å². The van der Waals surface area contributed by atoms with Gasteiger partial charge in [-0.3, -0.25) is 0 Å². The predicted octanol–water partition coefficient (Wildman–Crippen LogP) is 1.77. The molecule has 6 heteroatoms. The number of aromatic nitrogens is 2. The van der Waals surface area contributed by atoms with Crippen LogP contribution in [0, 0.1) is 0 Å². The Kier molecular flexibility index (Phi) is 3.20. The molecular formula is C15H19N3O3. The van der Waals surface area contributed by atoms with E-state index in [2.05, 4.69) is 10.3 Å². The quantitative estimate of drug-likeness (QED) is 0.882. The molecule has 1 aromatic carbocycles. The average Bonchev–Trinajstić information content (AvgIpc) is 3.06. The maximum atomic E-state index is 5.72. The molecule has 1 saturated heterocycles. The number of hydrogen-bond donors (Lipinski definition) is 2. The number of rotatable bonds is 2. The molecule has 0 spiro atoms. The van der Waals surface area contributed by atoms with Crippen LogP contribution in [0.2, 0.25) is 0 Å². The van der Waals surface area contributed by atoms with E-state index < -0.39 is 0 Å². The first-order valence-corrected chi connectivity index (χ1v) is 7.39. The number of nitrogens with one attached hydrogen (secondary N) is 2. The highest BCUT2D eigenvalue weighted by Gasteiger charge is 2.27. The second-order valence-corrected chi connectivity index (χ2v) is 5.54. The molecule has 2 aromatic rings. The monoisotopic (exact) mass is 289 g/mol. The van der Waals surface area contributed by atoms with E-state index in [0.717, 1.165) is 47.7 Å². The van der Waals surface area contributed by atoms with Crippen molar-refractivity contribution in [3.05, 3.63) is 18.0 Å². The number of hydrogen-bond acceptors (Lipinski definition) is 5. The lowest BCUT2D eigenvalue weighted by molar-refractivity contribution is 0.117. The van der Waals surface area contributed by atoms with E-state index in [-0.39, 0.29) is 12.1 Å². The minimum atomic E-state index is 0.212. The third-order valence-corrected chi connectivity index (χ3v) is 4.12. The van der Waals surface area contributed by atoms with Crippen LogP contribution in [0.3, 0.4) is 0 Å². The molecule has 0 radical (unpaired) electrons. The van der Waals surface area contributed by atoms with Crippen LogP contribution >= 0.6 is 0 Å². The molecule has 3 heterocycles. The number of aromatic amines is 1. The molecule has 21 heavy (non-hydrogen) atoms. The predicted molar refractivity (Wildman–Crippen MR) is 77.9 cm³/mol. The fourth-order valence-corrected chi connectivity index (χ4v) is 2.94. The van der Waals surface area contributed by atoms with Crippen molar-refractivity contribution in [2.24, 2.45) is 0 Å². The van der Waals surface area contributed by atoms with Crippen molar-refractivity contribution in [1.29, 1.82) is 0 Å². The smallest absolute Gasteiger partial charge is 0.163 e. The topological polar surface area (TPSA) is 68.4 Å². The molecule has 1 fully saturated rings. The molecule has 2 unspecified atom stereocenters. The zero-order valence-corrected chi connectivity index (χ0v) is 12.0. The van der Waals surface area contributed by atoms with Crippen LogP contribution in [-0.4, -0.2) is 42.9 Å². The Morgan fingerprint density at radius 1 is 1.24 bits per heavy atom. The summed E-state index contributed by atoms with van der Waals surface area (Å²) in [5, 5.41) is 3.43. The molecule has 4 rings (SSSR count). The first-order valence-electron chi connectivity index (χ1n) is 7.39. The van der Waals surface area contributed by atoms with Gasteiger partial charge in [-0.25, -0.2) is 4.98 Å². The highest BCUT2D eigenvalue weighted by molar-refractivity contribution is 5.80. The molecule has 2 aliphatic heterocycles. The van der Waals surface area contributed by atoms with Crippen LogP contribution in [0.5, 0.6) is 11.5 Å². The molecule has 0 saturated carbocycles. The van der Waals surface area contributed by atoms with E-state index in [9.17, 15) is 0 Å². The standard InChI is InChI=1S/C15H19N3O3/c1-19-9-5-12(16-8-9)15-17-10-6-13-14(7-11(10)18-15)21-4-2-3-20-13/h6-7,9,12,16H,2-5,8H2,1H3,(H,17,18). The zero-order chi connectivity index (χ0) is 14.2. The van der Waals surface area contributed by atoms with E-state index in [1.165, 1.54) is 0 Å². The van der Waals surface area contributed by atoms with Gasteiger partial charge >= 0.3 is 0 Å². The Labute approximate surface area is 122 Å². The van der Waals surface area contributed by atoms with Gasteiger partial charge in [-0.1, -0.05) is 0 Å². The lowest BCUT2D eigenvalue weighted by Gasteiger charge is -2.06. The van der Waals surface area contributed by atoms with Gasteiger partial charge in [0.05, 0.1) is 36.4 Å². The van der Waals surface area contributed by atoms with Crippen LogP contribution in [-0.2, 0) is 4.74 Å². The van der Waals surface area contributed by atoms with Gasteiger partial charge in [0.25, 0.3) is 0 Å². The number of benzene rings is 1. The van der Waals surface area contributed by atoms with Gasteiger partial charge < -0.3 is 24.5 Å². The molecule has 0 bridgehead atoms. The number of imidazole rings is 1. The summed E-state index contributed by atoms with van der Waals surface area (Å²) in [7, 11) is 1.75. The average molecular weight is 289 g/mol. The second-order valence-electron chi connectivity index (χ2n) is 5.54. The Hall–Kier alpha value is -1.79. The van der Waals surface area contributed by atoms with Crippen LogP contribution in [0.15, 0.2) is 12.1 Å². The fourth-order valence-electron chi connectivity index (χ4n) is 2.94. The van der Waals surface area contributed by atoms with Gasteiger partial charge in [-0.05, 0) is 6.42 Å². The summed E-state index contributed by atoms with van der Waals surface area (Å²) in [5.74, 6) is 2.53. The molecule has 2 N–H and O–H groups in total. The summed E-state index contributed by atoms with van der Waals surface area (Å²) in [4.78, 5) is 8.08. The third kappa shape index (κ3) is 2.34. The number of nitrogens with zero attached hydrogens (tertiary/aromatic N) is 1. The first-order chi connectivity index (χ1) is 10.3. The van der Waals surface area contributed by atoms with Gasteiger partial charge in [0, 0.05) is 32.2 Å². The molecule has 6 nitrogen and oxygen atoms in total. The molecule has 0 aliphatic carbocycles. The highest BCUT2D eigenvalue weighted by Crippen LogP contribution is 2.34. The molecule has 0 amide bonds. The van der Waals surface area contributed by atoms with Crippen molar-refractivity contribution >= 4 is 11.0 Å². The number of fused-ring (bicyclic) bond motifs is 2. The van der Waals surface area contributed by atoms with E-state index in [0.29, 0.717) is 13.2 Å². The minimum absolute atomic E-state index is 0.212. The molecule has 2 aliphatic rings. The summed E-state index contributed by atoms with van der Waals surface area (Å²) in [6.07, 6.45) is 2.10. The van der Waals surface area contributed by atoms with Crippen molar-refractivity contribution < 1.29 is 14.2 Å². The van der Waals surface area contributed by atoms with Gasteiger partial charge in [-0.2, -0.15) is 0 Å². The van der Waals surface area contributed by atoms with E-state index in [1.807, 2.05) is 12.1 Å². The Balaban J connectivity index is 1.67. The summed E-state index contributed by atoms with van der Waals surface area (Å²) in [6, 6.07) is 4.15. The summed E-state index contributed by atoms with van der Waals surface area (Å²) in [6.45, 7) is 2.25. The summed E-state index contributed by atoms with van der Waals surface area (Å²) < 4.78 is 16.8. The highest BCUT2D eigenvalue weighted by atomic mass is 16.5. The summed E-state index contributed by atoms with van der Waals surface area (Å²) in [5.41, 5.74) is 1.90. The zero-order valence-electron chi connectivity index (χ0n) is 12.0. The van der Waals surface area contributed by atoms with Crippen LogP contribution in [0.1, 0.15) is 24.7 Å². The molecule has 1 aromatic heterocycles. The van der Waals surface area contributed by atoms with Crippen LogP contribution < -0.4 is 14.8 Å². The Bertz CT molecular complexity index is 612. The summed E-state index contributed by atoms with van der Waals surface area (Å²) >= 11 is 0. The largest absolute Gasteiger partial charge is 0.489 e. The second kappa shape index (κ2) is 5.20. The van der Waals surface area contributed by atoms with Crippen molar-refractivity contribution in [3.8, 4) is 11.5 Å². The lowest BCUT2D eigenvalue weighted by atomic mass is 10.2. The van der Waals surface area contributed by atoms with Gasteiger partial charge in [0.2, 0.25) is 0 Å². The molecule has 2 atom stereocenters. The number of H-pyrrole nitrogens is 1. The maximum absolute atomic E-state index is 5.72.